The van der Waals surface area contributed by atoms with Crippen molar-refractivity contribution in [3.8, 4) is 0 Å². The maximum Gasteiger partial charge on any atom is 0.313 e. The summed E-state index contributed by atoms with van der Waals surface area (Å²) in [6.07, 6.45) is 2.95. The van der Waals surface area contributed by atoms with Gasteiger partial charge in [-0.25, -0.2) is 0 Å². The van der Waals surface area contributed by atoms with Crippen LogP contribution in [0, 0.1) is 0 Å². The van der Waals surface area contributed by atoms with E-state index in [1.807, 2.05) is 42.5 Å². The molecule has 0 saturated heterocycles. The Balaban J connectivity index is 2.02. The van der Waals surface area contributed by atoms with Crippen molar-refractivity contribution >= 4 is 29.6 Å². The summed E-state index contributed by atoms with van der Waals surface area (Å²) in [4.78, 5) is 23.9. The summed E-state index contributed by atoms with van der Waals surface area (Å²) < 4.78 is 4.49. The average Bonchev–Trinajstić information content (AvgIpc) is 2.59. The number of hydrogen-bond donors (Lipinski definition) is 0. The second-order valence-corrected chi connectivity index (χ2v) is 5.88. The van der Waals surface area contributed by atoms with Gasteiger partial charge in [0.2, 0.25) is 0 Å². The highest BCUT2D eigenvalue weighted by atomic mass is 32.2. The monoisotopic (exact) mass is 326 g/mol. The molecule has 2 aromatic rings. The zero-order valence-corrected chi connectivity index (χ0v) is 13.7. The molecule has 0 N–H and O–H groups in total. The second-order valence-electron chi connectivity index (χ2n) is 4.86. The van der Waals surface area contributed by atoms with E-state index >= 15 is 0 Å². The SMILES string of the molecule is COC(=O)CC(=O)C=Cc1ccccc1SCc1ccccc1. The third-order valence-corrected chi connectivity index (χ3v) is 4.31. The van der Waals surface area contributed by atoms with Crippen LogP contribution in [0.5, 0.6) is 0 Å². The molecule has 2 aromatic carbocycles. The molecule has 0 bridgehead atoms. The lowest BCUT2D eigenvalue weighted by molar-refractivity contribution is -0.142. The Morgan fingerprint density at radius 3 is 2.48 bits per heavy atom. The molecule has 118 valence electrons. The fourth-order valence-electron chi connectivity index (χ4n) is 1.94. The van der Waals surface area contributed by atoms with E-state index < -0.39 is 5.97 Å². The molecule has 4 heteroatoms. The van der Waals surface area contributed by atoms with Crippen LogP contribution in [0.25, 0.3) is 6.08 Å². The highest BCUT2D eigenvalue weighted by Gasteiger charge is 2.06. The number of methoxy groups -OCH3 is 1. The van der Waals surface area contributed by atoms with Crippen LogP contribution < -0.4 is 0 Å². The molecule has 0 aliphatic carbocycles. The number of esters is 1. The molecule has 0 spiro atoms. The molecule has 0 fully saturated rings. The highest BCUT2D eigenvalue weighted by Crippen LogP contribution is 2.27. The minimum Gasteiger partial charge on any atom is -0.469 e. The van der Waals surface area contributed by atoms with E-state index in [2.05, 4.69) is 16.9 Å². The van der Waals surface area contributed by atoms with Crippen LogP contribution in [-0.4, -0.2) is 18.9 Å². The third-order valence-electron chi connectivity index (χ3n) is 3.15. The van der Waals surface area contributed by atoms with E-state index in [4.69, 9.17) is 0 Å². The molecular formula is C19H18O3S. The predicted octanol–water partition coefficient (Wildman–Crippen LogP) is 4.12. The van der Waals surface area contributed by atoms with Gasteiger partial charge in [-0.15, -0.1) is 11.8 Å². The van der Waals surface area contributed by atoms with E-state index in [9.17, 15) is 9.59 Å². The Morgan fingerprint density at radius 1 is 1.04 bits per heavy atom. The molecule has 0 radical (unpaired) electrons. The van der Waals surface area contributed by atoms with Crippen LogP contribution in [0.2, 0.25) is 0 Å². The molecule has 23 heavy (non-hydrogen) atoms. The first-order chi connectivity index (χ1) is 11.2. The minimum absolute atomic E-state index is 0.230. The van der Waals surface area contributed by atoms with Crippen molar-refractivity contribution in [1.29, 1.82) is 0 Å². The maximum atomic E-state index is 11.7. The fourth-order valence-corrected chi connectivity index (χ4v) is 2.93. The van der Waals surface area contributed by atoms with Crippen molar-refractivity contribution < 1.29 is 14.3 Å². The van der Waals surface area contributed by atoms with E-state index in [1.54, 1.807) is 17.8 Å². The average molecular weight is 326 g/mol. The van der Waals surface area contributed by atoms with Crippen molar-refractivity contribution in [3.63, 3.8) is 0 Å². The lowest BCUT2D eigenvalue weighted by Gasteiger charge is -2.06. The van der Waals surface area contributed by atoms with E-state index in [0.29, 0.717) is 0 Å². The number of hydrogen-bond acceptors (Lipinski definition) is 4. The second kappa shape index (κ2) is 8.96. The highest BCUT2D eigenvalue weighted by molar-refractivity contribution is 7.98. The molecule has 0 aliphatic rings. The van der Waals surface area contributed by atoms with Crippen molar-refractivity contribution in [2.45, 2.75) is 17.1 Å². The van der Waals surface area contributed by atoms with Gasteiger partial charge in [0, 0.05) is 10.6 Å². The summed E-state index contributed by atoms with van der Waals surface area (Å²) >= 11 is 1.72. The number of rotatable bonds is 7. The number of ether oxygens (including phenoxy) is 1. The number of benzene rings is 2. The van der Waals surface area contributed by atoms with Gasteiger partial charge in [0.05, 0.1) is 7.11 Å². The Morgan fingerprint density at radius 2 is 1.74 bits per heavy atom. The maximum absolute atomic E-state index is 11.7. The Hall–Kier alpha value is -2.33. The number of ketones is 1. The smallest absolute Gasteiger partial charge is 0.313 e. The topological polar surface area (TPSA) is 43.4 Å². The summed E-state index contributed by atoms with van der Waals surface area (Å²) in [5, 5.41) is 0. The van der Waals surface area contributed by atoms with Gasteiger partial charge in [-0.2, -0.15) is 0 Å². The molecule has 2 rings (SSSR count). The van der Waals surface area contributed by atoms with Crippen molar-refractivity contribution in [2.24, 2.45) is 0 Å². The van der Waals surface area contributed by atoms with Gasteiger partial charge in [0.25, 0.3) is 0 Å². The van der Waals surface area contributed by atoms with Crippen LogP contribution in [0.4, 0.5) is 0 Å². The van der Waals surface area contributed by atoms with E-state index in [1.165, 1.54) is 18.7 Å². The molecular weight excluding hydrogens is 308 g/mol. The quantitative estimate of drug-likeness (QED) is 0.332. The molecule has 0 unspecified atom stereocenters. The fraction of sp³-hybridized carbons (Fsp3) is 0.158. The molecule has 3 nitrogen and oxygen atoms in total. The third kappa shape index (κ3) is 5.75. The van der Waals surface area contributed by atoms with Gasteiger partial charge >= 0.3 is 5.97 Å². The van der Waals surface area contributed by atoms with Gasteiger partial charge < -0.3 is 4.74 Å². The summed E-state index contributed by atoms with van der Waals surface area (Å²) in [5.41, 5.74) is 2.21. The summed E-state index contributed by atoms with van der Waals surface area (Å²) in [5.74, 6) is 0.0769. The molecule has 0 aliphatic heterocycles. The molecule has 0 atom stereocenters. The normalized spacial score (nSPS) is 10.7. The Labute approximate surface area is 140 Å². The van der Waals surface area contributed by atoms with Gasteiger partial charge in [0.15, 0.2) is 5.78 Å². The van der Waals surface area contributed by atoms with Crippen LogP contribution in [0.15, 0.2) is 65.6 Å². The van der Waals surface area contributed by atoms with Crippen molar-refractivity contribution in [1.82, 2.24) is 0 Å². The van der Waals surface area contributed by atoms with Crippen LogP contribution in [0.3, 0.4) is 0 Å². The standard InChI is InChI=1S/C19H18O3S/c1-22-19(21)13-17(20)12-11-16-9-5-6-10-18(16)23-14-15-7-3-2-4-8-15/h2-12H,13-14H2,1H3. The number of thioether (sulfide) groups is 1. The lowest BCUT2D eigenvalue weighted by atomic mass is 10.2. The van der Waals surface area contributed by atoms with E-state index in [-0.39, 0.29) is 12.2 Å². The van der Waals surface area contributed by atoms with Crippen LogP contribution >= 0.6 is 11.8 Å². The Kier molecular flexibility index (Phi) is 6.63. The first-order valence-electron chi connectivity index (χ1n) is 7.22. The number of carbonyl (C=O) groups excluding carboxylic acids is 2. The Bertz CT molecular complexity index is 693. The summed E-state index contributed by atoms with van der Waals surface area (Å²) in [6, 6.07) is 18.1. The van der Waals surface area contributed by atoms with Crippen LogP contribution in [0.1, 0.15) is 17.5 Å². The molecule has 0 aromatic heterocycles. The van der Waals surface area contributed by atoms with E-state index in [0.717, 1.165) is 16.2 Å². The van der Waals surface area contributed by atoms with Gasteiger partial charge in [0.1, 0.15) is 6.42 Å². The minimum atomic E-state index is -0.522. The zero-order chi connectivity index (χ0) is 16.5. The summed E-state index contributed by atoms with van der Waals surface area (Å²) in [7, 11) is 1.27. The van der Waals surface area contributed by atoms with Gasteiger partial charge in [-0.3, -0.25) is 9.59 Å². The van der Waals surface area contributed by atoms with Crippen molar-refractivity contribution in [2.75, 3.05) is 7.11 Å². The lowest BCUT2D eigenvalue weighted by Crippen LogP contribution is -2.06. The first kappa shape index (κ1) is 17.0. The van der Waals surface area contributed by atoms with Crippen LogP contribution in [-0.2, 0) is 20.1 Å². The largest absolute Gasteiger partial charge is 0.469 e. The molecule has 0 amide bonds. The predicted molar refractivity (Wildman–Crippen MR) is 93.1 cm³/mol. The first-order valence-corrected chi connectivity index (χ1v) is 8.21. The molecule has 0 saturated carbocycles. The van der Waals surface area contributed by atoms with Crippen molar-refractivity contribution in [3.05, 3.63) is 71.8 Å². The number of carbonyl (C=O) groups is 2. The number of allylic oxidation sites excluding steroid dienone is 1. The summed E-state index contributed by atoms with van der Waals surface area (Å²) in [6.45, 7) is 0. The van der Waals surface area contributed by atoms with Gasteiger partial charge in [-0.1, -0.05) is 54.6 Å². The molecule has 0 heterocycles. The van der Waals surface area contributed by atoms with Gasteiger partial charge in [-0.05, 0) is 23.3 Å². The zero-order valence-electron chi connectivity index (χ0n) is 12.9.